The average Bonchev–Trinajstić information content (AvgIpc) is 2.32. The molecule has 0 radical (unpaired) electrons. The summed E-state index contributed by atoms with van der Waals surface area (Å²) in [5.74, 6) is 0.553. The molecular formula is C13H24N2O3S. The van der Waals surface area contributed by atoms with Gasteiger partial charge in [-0.25, -0.2) is 0 Å². The van der Waals surface area contributed by atoms with Gasteiger partial charge in [0.15, 0.2) is 0 Å². The minimum atomic E-state index is -0.575. The molecule has 1 unspecified atom stereocenters. The Bertz CT molecular complexity index is 308. The van der Waals surface area contributed by atoms with Crippen LogP contribution in [-0.2, 0) is 14.4 Å². The maximum atomic E-state index is 12.1. The molecule has 0 aliphatic rings. The lowest BCUT2D eigenvalue weighted by molar-refractivity contribution is -0.129. The number of nitrogens with one attached hydrogen (secondary N) is 2. The van der Waals surface area contributed by atoms with Crippen molar-refractivity contribution in [3.8, 4) is 0 Å². The van der Waals surface area contributed by atoms with E-state index in [1.54, 1.807) is 11.8 Å². The van der Waals surface area contributed by atoms with E-state index in [0.29, 0.717) is 12.8 Å². The first-order valence-corrected chi connectivity index (χ1v) is 7.81. The smallest absolute Gasteiger partial charge is 0.243 e. The van der Waals surface area contributed by atoms with Crippen LogP contribution in [0.1, 0.15) is 33.6 Å². The molecule has 0 saturated heterocycles. The lowest BCUT2D eigenvalue weighted by atomic mass is 10.0. The van der Waals surface area contributed by atoms with Gasteiger partial charge in [-0.3, -0.25) is 9.59 Å². The van der Waals surface area contributed by atoms with Crippen molar-refractivity contribution in [1.82, 2.24) is 10.6 Å². The van der Waals surface area contributed by atoms with Crippen LogP contribution in [0.2, 0.25) is 0 Å². The zero-order chi connectivity index (χ0) is 14.8. The van der Waals surface area contributed by atoms with E-state index < -0.39 is 12.1 Å². The van der Waals surface area contributed by atoms with Crippen LogP contribution in [0.25, 0.3) is 0 Å². The van der Waals surface area contributed by atoms with Gasteiger partial charge < -0.3 is 15.4 Å². The Kier molecular flexibility index (Phi) is 9.30. The Hall–Kier alpha value is -1.04. The van der Waals surface area contributed by atoms with Gasteiger partial charge in [0.1, 0.15) is 12.3 Å². The minimum absolute atomic E-state index is 0.243. The SMILES string of the molecule is CSCCC(C=O)NC(=O)[C@H](CC(C)C)NC(C)=O. The lowest BCUT2D eigenvalue weighted by Gasteiger charge is -2.21. The molecule has 5 nitrogen and oxygen atoms in total. The van der Waals surface area contributed by atoms with E-state index in [-0.39, 0.29) is 17.7 Å². The third kappa shape index (κ3) is 8.64. The normalized spacial score (nSPS) is 13.7. The van der Waals surface area contributed by atoms with Crippen molar-refractivity contribution in [2.24, 2.45) is 5.92 Å². The van der Waals surface area contributed by atoms with Gasteiger partial charge in [0.25, 0.3) is 0 Å². The number of carbonyl (C=O) groups is 3. The molecule has 2 atom stereocenters. The second kappa shape index (κ2) is 9.83. The number of hydrogen-bond donors (Lipinski definition) is 2. The summed E-state index contributed by atoms with van der Waals surface area (Å²) in [5.41, 5.74) is 0. The predicted molar refractivity (Wildman–Crippen MR) is 78.1 cm³/mol. The molecule has 0 heterocycles. The van der Waals surface area contributed by atoms with Crippen LogP contribution in [0.5, 0.6) is 0 Å². The summed E-state index contributed by atoms with van der Waals surface area (Å²) in [6, 6.07) is -1.06. The molecule has 0 spiro atoms. The van der Waals surface area contributed by atoms with Gasteiger partial charge in [0.2, 0.25) is 11.8 Å². The molecule has 0 bridgehead atoms. The highest BCUT2D eigenvalue weighted by atomic mass is 32.2. The lowest BCUT2D eigenvalue weighted by Crippen LogP contribution is -2.50. The zero-order valence-corrected chi connectivity index (χ0v) is 12.9. The van der Waals surface area contributed by atoms with Gasteiger partial charge >= 0.3 is 0 Å². The first-order chi connectivity index (χ1) is 8.90. The molecule has 0 aromatic heterocycles. The molecule has 0 aliphatic heterocycles. The van der Waals surface area contributed by atoms with Crippen molar-refractivity contribution in [3.05, 3.63) is 0 Å². The molecule has 0 aromatic rings. The summed E-state index contributed by atoms with van der Waals surface area (Å²) in [6.07, 6.45) is 3.85. The van der Waals surface area contributed by atoms with Gasteiger partial charge in [-0.1, -0.05) is 13.8 Å². The van der Waals surface area contributed by atoms with E-state index in [2.05, 4.69) is 10.6 Å². The zero-order valence-electron chi connectivity index (χ0n) is 12.1. The summed E-state index contributed by atoms with van der Waals surface area (Å²) in [5, 5.41) is 5.30. The topological polar surface area (TPSA) is 75.3 Å². The number of aldehydes is 1. The summed E-state index contributed by atoms with van der Waals surface area (Å²) in [6.45, 7) is 5.34. The molecule has 0 fully saturated rings. The van der Waals surface area contributed by atoms with E-state index in [4.69, 9.17) is 0 Å². The Labute approximate surface area is 119 Å². The number of thioether (sulfide) groups is 1. The van der Waals surface area contributed by atoms with Gasteiger partial charge in [-0.15, -0.1) is 0 Å². The average molecular weight is 288 g/mol. The van der Waals surface area contributed by atoms with Crippen LogP contribution in [0.3, 0.4) is 0 Å². The van der Waals surface area contributed by atoms with Crippen molar-refractivity contribution in [2.45, 2.75) is 45.7 Å². The van der Waals surface area contributed by atoms with Crippen LogP contribution in [0, 0.1) is 5.92 Å². The third-order valence-electron chi connectivity index (χ3n) is 2.53. The molecule has 110 valence electrons. The predicted octanol–water partition coefficient (Wildman–Crippen LogP) is 0.974. The number of hydrogen-bond acceptors (Lipinski definition) is 4. The van der Waals surface area contributed by atoms with Crippen LogP contribution in [-0.4, -0.2) is 42.2 Å². The fourth-order valence-corrected chi connectivity index (χ4v) is 2.14. The molecule has 0 aromatic carbocycles. The van der Waals surface area contributed by atoms with Crippen molar-refractivity contribution >= 4 is 29.9 Å². The van der Waals surface area contributed by atoms with Crippen molar-refractivity contribution < 1.29 is 14.4 Å². The maximum absolute atomic E-state index is 12.1. The molecule has 2 amide bonds. The Morgan fingerprint density at radius 3 is 2.32 bits per heavy atom. The molecule has 0 saturated carbocycles. The fraction of sp³-hybridized carbons (Fsp3) is 0.769. The highest BCUT2D eigenvalue weighted by molar-refractivity contribution is 7.98. The van der Waals surface area contributed by atoms with Gasteiger partial charge in [0, 0.05) is 6.92 Å². The van der Waals surface area contributed by atoms with Gasteiger partial charge in [0.05, 0.1) is 6.04 Å². The van der Waals surface area contributed by atoms with Gasteiger partial charge in [-0.05, 0) is 30.8 Å². The van der Waals surface area contributed by atoms with Crippen molar-refractivity contribution in [1.29, 1.82) is 0 Å². The summed E-state index contributed by atoms with van der Waals surface area (Å²) in [7, 11) is 0. The van der Waals surface area contributed by atoms with E-state index >= 15 is 0 Å². The second-order valence-corrected chi connectivity index (χ2v) is 5.90. The largest absolute Gasteiger partial charge is 0.345 e. The molecular weight excluding hydrogens is 264 g/mol. The fourth-order valence-electron chi connectivity index (χ4n) is 1.65. The summed E-state index contributed by atoms with van der Waals surface area (Å²) >= 11 is 1.62. The quantitative estimate of drug-likeness (QED) is 0.620. The monoisotopic (exact) mass is 288 g/mol. The summed E-state index contributed by atoms with van der Waals surface area (Å²) in [4.78, 5) is 34.1. The minimum Gasteiger partial charge on any atom is -0.345 e. The molecule has 2 N–H and O–H groups in total. The highest BCUT2D eigenvalue weighted by Gasteiger charge is 2.22. The molecule has 0 aliphatic carbocycles. The van der Waals surface area contributed by atoms with E-state index in [9.17, 15) is 14.4 Å². The van der Waals surface area contributed by atoms with Crippen LogP contribution in [0.15, 0.2) is 0 Å². The van der Waals surface area contributed by atoms with E-state index in [1.165, 1.54) is 6.92 Å². The Morgan fingerprint density at radius 2 is 1.89 bits per heavy atom. The van der Waals surface area contributed by atoms with E-state index in [0.717, 1.165) is 12.0 Å². The summed E-state index contributed by atoms with van der Waals surface area (Å²) < 4.78 is 0. The number of rotatable bonds is 9. The molecule has 19 heavy (non-hydrogen) atoms. The highest BCUT2D eigenvalue weighted by Crippen LogP contribution is 2.06. The van der Waals surface area contributed by atoms with Crippen LogP contribution >= 0.6 is 11.8 Å². The van der Waals surface area contributed by atoms with Gasteiger partial charge in [-0.2, -0.15) is 11.8 Å². The molecule has 6 heteroatoms. The first kappa shape index (κ1) is 18.0. The molecule has 0 rings (SSSR count). The van der Waals surface area contributed by atoms with Crippen molar-refractivity contribution in [3.63, 3.8) is 0 Å². The van der Waals surface area contributed by atoms with Crippen molar-refractivity contribution in [2.75, 3.05) is 12.0 Å². The standard InChI is InChI=1S/C13H24N2O3S/c1-9(2)7-12(14-10(3)17)13(18)15-11(8-16)5-6-19-4/h8-9,11-12H,5-7H2,1-4H3,(H,14,17)(H,15,18)/t11?,12-/m0/s1. The second-order valence-electron chi connectivity index (χ2n) is 4.92. The third-order valence-corrected chi connectivity index (χ3v) is 3.17. The number of amides is 2. The Morgan fingerprint density at radius 1 is 1.26 bits per heavy atom. The maximum Gasteiger partial charge on any atom is 0.243 e. The van der Waals surface area contributed by atoms with E-state index in [1.807, 2.05) is 20.1 Å². The van der Waals surface area contributed by atoms with Crippen LogP contribution < -0.4 is 10.6 Å². The first-order valence-electron chi connectivity index (χ1n) is 6.42. The number of carbonyl (C=O) groups excluding carboxylic acids is 3. The Balaban J connectivity index is 4.50. The van der Waals surface area contributed by atoms with Crippen LogP contribution in [0.4, 0.5) is 0 Å².